The third-order valence-corrected chi connectivity index (χ3v) is 5.22. The van der Waals surface area contributed by atoms with Crippen molar-refractivity contribution in [1.82, 2.24) is 0 Å². The molecule has 0 aliphatic heterocycles. The predicted octanol–water partition coefficient (Wildman–Crippen LogP) is 3.69. The van der Waals surface area contributed by atoms with E-state index in [0.717, 1.165) is 11.1 Å². The monoisotopic (exact) mass is 304 g/mol. The van der Waals surface area contributed by atoms with Crippen molar-refractivity contribution < 1.29 is 8.42 Å². The van der Waals surface area contributed by atoms with Crippen LogP contribution in [0.25, 0.3) is 0 Å². The van der Waals surface area contributed by atoms with Crippen molar-refractivity contribution in [2.75, 3.05) is 0 Å². The van der Waals surface area contributed by atoms with Gasteiger partial charge in [-0.15, -0.1) is 0 Å². The van der Waals surface area contributed by atoms with Crippen LogP contribution < -0.4 is 0 Å². The summed E-state index contributed by atoms with van der Waals surface area (Å²) >= 11 is 0. The molecule has 0 saturated carbocycles. The Morgan fingerprint density at radius 3 is 1.25 bits per heavy atom. The normalized spacial score (nSPS) is 14.3. The van der Waals surface area contributed by atoms with Crippen molar-refractivity contribution in [3.8, 4) is 0 Å². The van der Waals surface area contributed by atoms with Gasteiger partial charge in [-0.1, -0.05) is 35.4 Å². The van der Waals surface area contributed by atoms with Gasteiger partial charge in [-0.25, -0.2) is 8.42 Å². The maximum absolute atomic E-state index is 12.0. The standard InChI is InChI=1S/C16H16O2S2/c1-13-3-7-15(8-4-13)19(17)11-12-20(18)16-9-5-14(2)6-10-16/h3-12H,1-2H3/b12-11-/t19-,20-/m1/s1. The van der Waals surface area contributed by atoms with E-state index in [4.69, 9.17) is 0 Å². The molecule has 2 atom stereocenters. The molecule has 0 heterocycles. The summed E-state index contributed by atoms with van der Waals surface area (Å²) in [4.78, 5) is 1.43. The number of aryl methyl sites for hydroxylation is 2. The second-order valence-corrected chi connectivity index (χ2v) is 7.17. The summed E-state index contributed by atoms with van der Waals surface area (Å²) in [6.07, 6.45) is 0. The molecule has 4 heteroatoms. The summed E-state index contributed by atoms with van der Waals surface area (Å²) < 4.78 is 24.1. The van der Waals surface area contributed by atoms with Crippen LogP contribution in [-0.2, 0) is 21.6 Å². The minimum atomic E-state index is -1.26. The molecule has 0 aliphatic rings. The molecule has 0 N–H and O–H groups in total. The molecule has 2 rings (SSSR count). The summed E-state index contributed by atoms with van der Waals surface area (Å²) in [6, 6.07) is 15.0. The zero-order valence-corrected chi connectivity index (χ0v) is 13.0. The minimum Gasteiger partial charge on any atom is -0.250 e. The highest BCUT2D eigenvalue weighted by molar-refractivity contribution is 7.91. The van der Waals surface area contributed by atoms with E-state index in [2.05, 4.69) is 0 Å². The van der Waals surface area contributed by atoms with Gasteiger partial charge in [0.25, 0.3) is 0 Å². The van der Waals surface area contributed by atoms with E-state index in [0.29, 0.717) is 9.79 Å². The first kappa shape index (κ1) is 14.9. The molecule has 0 amide bonds. The molecule has 0 spiro atoms. The molecule has 2 aromatic carbocycles. The van der Waals surface area contributed by atoms with Crippen LogP contribution in [0.5, 0.6) is 0 Å². The maximum atomic E-state index is 12.0. The highest BCUT2D eigenvalue weighted by Crippen LogP contribution is 2.12. The molecular weight excluding hydrogens is 288 g/mol. The highest BCUT2D eigenvalue weighted by atomic mass is 32.2. The van der Waals surface area contributed by atoms with E-state index in [1.807, 2.05) is 62.4 Å². The molecule has 2 aromatic rings. The van der Waals surface area contributed by atoms with E-state index in [1.54, 1.807) is 0 Å². The van der Waals surface area contributed by atoms with Gasteiger partial charge in [-0.3, -0.25) is 0 Å². The fraction of sp³-hybridized carbons (Fsp3) is 0.125. The zero-order valence-electron chi connectivity index (χ0n) is 11.4. The molecular formula is C16H16O2S2. The SMILES string of the molecule is Cc1ccc([S@](=O)/C=C\[S@@](=O)c2ccc(C)cc2)cc1. The lowest BCUT2D eigenvalue weighted by atomic mass is 10.2. The van der Waals surface area contributed by atoms with Gasteiger partial charge in [-0.05, 0) is 38.1 Å². The van der Waals surface area contributed by atoms with Gasteiger partial charge >= 0.3 is 0 Å². The van der Waals surface area contributed by atoms with Gasteiger partial charge in [0.1, 0.15) is 0 Å². The van der Waals surface area contributed by atoms with Crippen LogP contribution in [-0.4, -0.2) is 8.42 Å². The van der Waals surface area contributed by atoms with Crippen LogP contribution in [0.3, 0.4) is 0 Å². The van der Waals surface area contributed by atoms with E-state index in [-0.39, 0.29) is 0 Å². The van der Waals surface area contributed by atoms with Gasteiger partial charge in [0.15, 0.2) is 0 Å². The lowest BCUT2D eigenvalue weighted by Crippen LogP contribution is -1.90. The first-order chi connectivity index (χ1) is 9.56. The summed E-state index contributed by atoms with van der Waals surface area (Å²) in [6.45, 7) is 3.96. The fourth-order valence-corrected chi connectivity index (χ4v) is 3.53. The molecule has 20 heavy (non-hydrogen) atoms. The Kier molecular flexibility index (Phi) is 5.04. The molecule has 0 saturated heterocycles. The van der Waals surface area contributed by atoms with Crippen LogP contribution in [0.1, 0.15) is 11.1 Å². The molecule has 0 radical (unpaired) electrons. The highest BCUT2D eigenvalue weighted by Gasteiger charge is 2.02. The second-order valence-electron chi connectivity index (χ2n) is 4.49. The fourth-order valence-electron chi connectivity index (χ4n) is 1.60. The van der Waals surface area contributed by atoms with Crippen LogP contribution in [0.4, 0.5) is 0 Å². The molecule has 104 valence electrons. The van der Waals surface area contributed by atoms with Gasteiger partial charge in [0.2, 0.25) is 0 Å². The Bertz CT molecular complexity index is 596. The van der Waals surface area contributed by atoms with Crippen molar-refractivity contribution in [2.45, 2.75) is 23.6 Å². The van der Waals surface area contributed by atoms with Crippen LogP contribution >= 0.6 is 0 Å². The van der Waals surface area contributed by atoms with E-state index >= 15 is 0 Å². The van der Waals surface area contributed by atoms with Crippen LogP contribution in [0.15, 0.2) is 69.1 Å². The summed E-state index contributed by atoms with van der Waals surface area (Å²) in [5, 5.41) is 2.97. The second kappa shape index (κ2) is 6.77. The van der Waals surface area contributed by atoms with E-state index in [1.165, 1.54) is 10.8 Å². The molecule has 0 bridgehead atoms. The van der Waals surface area contributed by atoms with Gasteiger partial charge < -0.3 is 0 Å². The maximum Gasteiger partial charge on any atom is 0.0782 e. The number of hydrogen-bond acceptors (Lipinski definition) is 2. The summed E-state index contributed by atoms with van der Waals surface area (Å²) in [7, 11) is -2.53. The van der Waals surface area contributed by atoms with Crippen LogP contribution in [0.2, 0.25) is 0 Å². The lowest BCUT2D eigenvalue weighted by molar-refractivity contribution is 0.686. The summed E-state index contributed by atoms with van der Waals surface area (Å²) in [5.74, 6) is 0. The van der Waals surface area contributed by atoms with Gasteiger partial charge in [0.05, 0.1) is 21.6 Å². The van der Waals surface area contributed by atoms with E-state index in [9.17, 15) is 8.42 Å². The van der Waals surface area contributed by atoms with Crippen molar-refractivity contribution >= 4 is 21.6 Å². The smallest absolute Gasteiger partial charge is 0.0782 e. The third kappa shape index (κ3) is 3.99. The van der Waals surface area contributed by atoms with Crippen LogP contribution in [0, 0.1) is 13.8 Å². The molecule has 0 aromatic heterocycles. The molecule has 0 unspecified atom stereocenters. The summed E-state index contributed by atoms with van der Waals surface area (Å²) in [5.41, 5.74) is 2.25. The number of hydrogen-bond donors (Lipinski definition) is 0. The van der Waals surface area contributed by atoms with Crippen molar-refractivity contribution in [3.05, 3.63) is 70.5 Å². The quantitative estimate of drug-likeness (QED) is 0.863. The minimum absolute atomic E-state index is 0.716. The zero-order chi connectivity index (χ0) is 14.5. The Balaban J connectivity index is 2.09. The lowest BCUT2D eigenvalue weighted by Gasteiger charge is -1.99. The Hall–Kier alpha value is -1.52. The van der Waals surface area contributed by atoms with Crippen molar-refractivity contribution in [2.24, 2.45) is 0 Å². The van der Waals surface area contributed by atoms with Gasteiger partial charge in [-0.2, -0.15) is 0 Å². The predicted molar refractivity (Wildman–Crippen MR) is 84.3 cm³/mol. The van der Waals surface area contributed by atoms with Crippen molar-refractivity contribution in [1.29, 1.82) is 0 Å². The molecule has 0 aliphatic carbocycles. The number of benzene rings is 2. The van der Waals surface area contributed by atoms with E-state index < -0.39 is 21.6 Å². The average Bonchev–Trinajstić information content (AvgIpc) is 2.46. The first-order valence-corrected chi connectivity index (χ1v) is 8.62. The third-order valence-electron chi connectivity index (χ3n) is 2.81. The Morgan fingerprint density at radius 2 is 0.950 bits per heavy atom. The first-order valence-electron chi connectivity index (χ1n) is 6.19. The topological polar surface area (TPSA) is 34.1 Å². The Morgan fingerprint density at radius 1 is 0.650 bits per heavy atom. The Labute approximate surface area is 124 Å². The average molecular weight is 304 g/mol. The largest absolute Gasteiger partial charge is 0.250 e. The molecule has 2 nitrogen and oxygen atoms in total. The van der Waals surface area contributed by atoms with Crippen molar-refractivity contribution in [3.63, 3.8) is 0 Å². The molecule has 0 fully saturated rings. The number of rotatable bonds is 4. The van der Waals surface area contributed by atoms with Gasteiger partial charge in [0, 0.05) is 20.6 Å².